The second-order valence-electron chi connectivity index (χ2n) is 7.43. The second kappa shape index (κ2) is 6.86. The molecular formula is C21H18F3N5O. The number of hydrogen-bond acceptors (Lipinski definition) is 4. The van der Waals surface area contributed by atoms with E-state index in [9.17, 15) is 18.0 Å². The summed E-state index contributed by atoms with van der Waals surface area (Å²) in [7, 11) is 0. The molecule has 0 radical (unpaired) electrons. The van der Waals surface area contributed by atoms with Gasteiger partial charge in [-0.05, 0) is 43.2 Å². The summed E-state index contributed by atoms with van der Waals surface area (Å²) in [5.41, 5.74) is 0.927. The molecule has 0 atom stereocenters. The van der Waals surface area contributed by atoms with Gasteiger partial charge in [-0.3, -0.25) is 4.57 Å². The van der Waals surface area contributed by atoms with Crippen LogP contribution in [0.2, 0.25) is 0 Å². The number of nitrogens with zero attached hydrogens (tertiary/aromatic N) is 4. The van der Waals surface area contributed by atoms with Crippen LogP contribution in [0.4, 0.5) is 19.0 Å². The van der Waals surface area contributed by atoms with Gasteiger partial charge in [0, 0.05) is 30.7 Å². The van der Waals surface area contributed by atoms with Crippen molar-refractivity contribution in [2.75, 3.05) is 18.0 Å². The number of alkyl halides is 3. The van der Waals surface area contributed by atoms with Gasteiger partial charge in [0.1, 0.15) is 11.5 Å². The molecule has 0 amide bonds. The summed E-state index contributed by atoms with van der Waals surface area (Å²) in [5, 5.41) is 0.591. The van der Waals surface area contributed by atoms with Gasteiger partial charge in [0.25, 0.3) is 0 Å². The molecule has 9 heteroatoms. The highest BCUT2D eigenvalue weighted by Gasteiger charge is 2.33. The van der Waals surface area contributed by atoms with Crippen molar-refractivity contribution in [3.05, 3.63) is 64.8 Å². The molecule has 1 fully saturated rings. The van der Waals surface area contributed by atoms with Gasteiger partial charge in [-0.1, -0.05) is 12.1 Å². The number of aromatic amines is 1. The Morgan fingerprint density at radius 3 is 2.57 bits per heavy atom. The van der Waals surface area contributed by atoms with Gasteiger partial charge in [-0.15, -0.1) is 0 Å². The summed E-state index contributed by atoms with van der Waals surface area (Å²) < 4.78 is 40.7. The van der Waals surface area contributed by atoms with E-state index in [1.807, 2.05) is 29.2 Å². The van der Waals surface area contributed by atoms with Crippen LogP contribution in [-0.2, 0) is 6.18 Å². The van der Waals surface area contributed by atoms with E-state index in [0.717, 1.165) is 29.9 Å². The number of fused-ring (bicyclic) bond motifs is 2. The van der Waals surface area contributed by atoms with E-state index in [1.165, 1.54) is 18.3 Å². The smallest absolute Gasteiger partial charge is 0.356 e. The molecule has 0 unspecified atom stereocenters. The summed E-state index contributed by atoms with van der Waals surface area (Å²) >= 11 is 0. The molecule has 4 heterocycles. The molecule has 1 N–H and O–H groups in total. The lowest BCUT2D eigenvalue weighted by atomic mass is 10.0. The first-order valence-corrected chi connectivity index (χ1v) is 9.69. The fraction of sp³-hybridized carbons (Fsp3) is 0.286. The first kappa shape index (κ1) is 18.7. The number of halogens is 3. The highest BCUT2D eigenvalue weighted by atomic mass is 19.4. The number of pyridine rings is 2. The van der Waals surface area contributed by atoms with Crippen LogP contribution in [0.3, 0.4) is 0 Å². The zero-order valence-corrected chi connectivity index (χ0v) is 15.9. The van der Waals surface area contributed by atoms with Crippen molar-refractivity contribution in [3.8, 4) is 0 Å². The highest BCUT2D eigenvalue weighted by molar-refractivity contribution is 5.89. The van der Waals surface area contributed by atoms with Gasteiger partial charge in [-0.25, -0.2) is 14.8 Å². The molecule has 0 aliphatic carbocycles. The first-order chi connectivity index (χ1) is 14.4. The van der Waals surface area contributed by atoms with E-state index in [0.29, 0.717) is 24.3 Å². The maximum Gasteiger partial charge on any atom is 0.433 e. The van der Waals surface area contributed by atoms with E-state index in [1.54, 1.807) is 4.57 Å². The lowest BCUT2D eigenvalue weighted by molar-refractivity contribution is -0.140. The van der Waals surface area contributed by atoms with E-state index in [-0.39, 0.29) is 17.2 Å². The molecule has 4 aromatic rings. The third-order valence-corrected chi connectivity index (χ3v) is 5.64. The van der Waals surface area contributed by atoms with Gasteiger partial charge in [0.15, 0.2) is 0 Å². The van der Waals surface area contributed by atoms with Gasteiger partial charge in [0.2, 0.25) is 0 Å². The maximum atomic E-state index is 13.0. The quantitative estimate of drug-likeness (QED) is 0.537. The molecule has 1 aliphatic heterocycles. The van der Waals surface area contributed by atoms with Crippen LogP contribution in [0.15, 0.2) is 53.5 Å². The molecule has 0 saturated carbocycles. The molecule has 1 saturated heterocycles. The van der Waals surface area contributed by atoms with Crippen molar-refractivity contribution in [1.29, 1.82) is 0 Å². The Balaban J connectivity index is 1.42. The fourth-order valence-electron chi connectivity index (χ4n) is 4.22. The minimum absolute atomic E-state index is 0.0508. The molecule has 1 aromatic carbocycles. The number of piperidine rings is 1. The zero-order valence-electron chi connectivity index (χ0n) is 15.9. The molecular weight excluding hydrogens is 395 g/mol. The summed E-state index contributed by atoms with van der Waals surface area (Å²) in [5.74, 6) is 0.624. The van der Waals surface area contributed by atoms with Gasteiger partial charge in [-0.2, -0.15) is 13.2 Å². The van der Waals surface area contributed by atoms with Crippen molar-refractivity contribution in [1.82, 2.24) is 19.5 Å². The van der Waals surface area contributed by atoms with E-state index < -0.39 is 11.9 Å². The van der Waals surface area contributed by atoms with E-state index >= 15 is 0 Å². The number of para-hydroxylation sites is 2. The maximum absolute atomic E-state index is 13.0. The van der Waals surface area contributed by atoms with Gasteiger partial charge >= 0.3 is 11.9 Å². The number of H-pyrrole nitrogens is 1. The largest absolute Gasteiger partial charge is 0.433 e. The Bertz CT molecular complexity index is 1290. The Hall–Kier alpha value is -3.36. The molecule has 30 heavy (non-hydrogen) atoms. The van der Waals surface area contributed by atoms with E-state index in [4.69, 9.17) is 0 Å². The van der Waals surface area contributed by atoms with Crippen LogP contribution in [-0.4, -0.2) is 32.6 Å². The van der Waals surface area contributed by atoms with Crippen LogP contribution in [0.5, 0.6) is 0 Å². The molecule has 0 spiro atoms. The summed E-state index contributed by atoms with van der Waals surface area (Å²) in [6, 6.07) is 11.6. The van der Waals surface area contributed by atoms with Crippen molar-refractivity contribution in [2.45, 2.75) is 25.1 Å². The van der Waals surface area contributed by atoms with Crippen molar-refractivity contribution >= 4 is 27.8 Å². The van der Waals surface area contributed by atoms with Crippen molar-refractivity contribution in [3.63, 3.8) is 0 Å². The van der Waals surface area contributed by atoms with Gasteiger partial charge in [0.05, 0.1) is 16.6 Å². The third-order valence-electron chi connectivity index (χ3n) is 5.64. The minimum Gasteiger partial charge on any atom is -0.356 e. The molecule has 5 rings (SSSR count). The standard InChI is InChI=1S/C21H18F3N5O/c22-21(23,24)18-6-5-14-15(26-18)7-10-25-19(14)28-11-8-13(9-12-28)29-17-4-2-1-3-16(17)27-20(29)30/h1-7,10,13H,8-9,11-12H2,(H,27,30). The Labute approximate surface area is 169 Å². The fourth-order valence-corrected chi connectivity index (χ4v) is 4.22. The van der Waals surface area contributed by atoms with Crippen LogP contribution < -0.4 is 10.6 Å². The monoisotopic (exact) mass is 413 g/mol. The van der Waals surface area contributed by atoms with Crippen molar-refractivity contribution in [2.24, 2.45) is 0 Å². The molecule has 3 aromatic heterocycles. The average molecular weight is 413 g/mol. The molecule has 0 bridgehead atoms. The summed E-state index contributed by atoms with van der Waals surface area (Å²) in [4.78, 5) is 25.6. The predicted octanol–water partition coefficient (Wildman–Crippen LogP) is 4.13. The number of imidazole rings is 1. The number of aromatic nitrogens is 4. The molecule has 6 nitrogen and oxygen atoms in total. The molecule has 1 aliphatic rings. The van der Waals surface area contributed by atoms with E-state index in [2.05, 4.69) is 15.0 Å². The first-order valence-electron chi connectivity index (χ1n) is 9.69. The normalized spacial score (nSPS) is 15.9. The number of hydrogen-bond donors (Lipinski definition) is 1. The predicted molar refractivity (Wildman–Crippen MR) is 108 cm³/mol. The highest BCUT2D eigenvalue weighted by Crippen LogP contribution is 2.33. The Morgan fingerprint density at radius 2 is 1.80 bits per heavy atom. The SMILES string of the molecule is O=c1[nH]c2ccccc2n1C1CCN(c2nccc3nc(C(F)(F)F)ccc23)CC1. The van der Waals surface area contributed by atoms with Crippen LogP contribution >= 0.6 is 0 Å². The molecule has 154 valence electrons. The number of rotatable bonds is 2. The number of anilines is 1. The van der Waals surface area contributed by atoms with Crippen molar-refractivity contribution < 1.29 is 13.2 Å². The van der Waals surface area contributed by atoms with Gasteiger partial charge < -0.3 is 9.88 Å². The lowest BCUT2D eigenvalue weighted by Crippen LogP contribution is -2.37. The summed E-state index contributed by atoms with van der Waals surface area (Å²) in [6.45, 7) is 1.29. The second-order valence-corrected chi connectivity index (χ2v) is 7.43. The van der Waals surface area contributed by atoms with Crippen LogP contribution in [0.1, 0.15) is 24.6 Å². The summed E-state index contributed by atoms with van der Waals surface area (Å²) in [6.07, 6.45) is -1.54. The van der Waals surface area contributed by atoms with Crippen LogP contribution in [0.25, 0.3) is 21.9 Å². The Morgan fingerprint density at radius 1 is 1.03 bits per heavy atom. The van der Waals surface area contributed by atoms with Crippen LogP contribution in [0, 0.1) is 0 Å². The number of nitrogens with one attached hydrogen (secondary N) is 1. The number of benzene rings is 1. The Kier molecular flexibility index (Phi) is 4.27. The lowest BCUT2D eigenvalue weighted by Gasteiger charge is -2.33. The average Bonchev–Trinajstić information content (AvgIpc) is 3.08. The minimum atomic E-state index is -4.48. The zero-order chi connectivity index (χ0) is 20.9. The third kappa shape index (κ3) is 3.10. The topological polar surface area (TPSA) is 66.8 Å².